The molecule has 0 aromatic carbocycles. The molecule has 2 atom stereocenters. The van der Waals surface area contributed by atoms with Crippen molar-refractivity contribution in [2.45, 2.75) is 46.0 Å². The molecule has 0 aromatic rings. The van der Waals surface area contributed by atoms with E-state index >= 15 is 0 Å². The van der Waals surface area contributed by atoms with Gasteiger partial charge in [-0.05, 0) is 12.3 Å². The Labute approximate surface area is 124 Å². The first-order chi connectivity index (χ1) is 9.83. The van der Waals surface area contributed by atoms with Crippen LogP contribution in [0.2, 0.25) is 0 Å². The number of aliphatic carboxylic acids is 2. The SMILES string of the molecule is C=C(C(=O)OCC(CC)CCCC)C(CC(=O)O)C(=O)O. The molecule has 0 bridgehead atoms. The predicted molar refractivity (Wildman–Crippen MR) is 76.8 cm³/mol. The highest BCUT2D eigenvalue weighted by Gasteiger charge is 2.29. The average molecular weight is 300 g/mol. The Bertz CT molecular complexity index is 388. The van der Waals surface area contributed by atoms with Crippen LogP contribution in [0.25, 0.3) is 0 Å². The van der Waals surface area contributed by atoms with Gasteiger partial charge in [-0.25, -0.2) is 4.79 Å². The zero-order chi connectivity index (χ0) is 16.4. The highest BCUT2D eigenvalue weighted by atomic mass is 16.5. The van der Waals surface area contributed by atoms with Crippen molar-refractivity contribution in [3.05, 3.63) is 12.2 Å². The van der Waals surface area contributed by atoms with E-state index in [1.807, 2.05) is 6.92 Å². The molecule has 0 aromatic heterocycles. The van der Waals surface area contributed by atoms with Crippen LogP contribution in [-0.4, -0.2) is 34.7 Å². The van der Waals surface area contributed by atoms with E-state index in [9.17, 15) is 14.4 Å². The minimum absolute atomic E-state index is 0.202. The first-order valence-electron chi connectivity index (χ1n) is 7.13. The molecule has 120 valence electrons. The summed E-state index contributed by atoms with van der Waals surface area (Å²) in [6, 6.07) is 0. The third-order valence-corrected chi connectivity index (χ3v) is 3.35. The van der Waals surface area contributed by atoms with Gasteiger partial charge >= 0.3 is 17.9 Å². The van der Waals surface area contributed by atoms with Crippen molar-refractivity contribution in [3.63, 3.8) is 0 Å². The number of hydrogen-bond donors (Lipinski definition) is 2. The fourth-order valence-electron chi connectivity index (χ4n) is 1.86. The smallest absolute Gasteiger partial charge is 0.334 e. The summed E-state index contributed by atoms with van der Waals surface area (Å²) in [5.74, 6) is -4.75. The number of rotatable bonds is 11. The van der Waals surface area contributed by atoms with Gasteiger partial charge in [0.25, 0.3) is 0 Å². The first kappa shape index (κ1) is 19.1. The average Bonchev–Trinajstić information content (AvgIpc) is 2.43. The van der Waals surface area contributed by atoms with Gasteiger partial charge in [-0.2, -0.15) is 0 Å². The Hall–Kier alpha value is -1.85. The van der Waals surface area contributed by atoms with Crippen LogP contribution in [0.1, 0.15) is 46.0 Å². The van der Waals surface area contributed by atoms with E-state index in [1.54, 1.807) is 0 Å². The van der Waals surface area contributed by atoms with Gasteiger partial charge < -0.3 is 14.9 Å². The molecule has 0 spiro atoms. The third kappa shape index (κ3) is 7.48. The number of ether oxygens (including phenoxy) is 1. The molecule has 2 N–H and O–H groups in total. The van der Waals surface area contributed by atoms with E-state index in [2.05, 4.69) is 13.5 Å². The predicted octanol–water partition coefficient (Wildman–Crippen LogP) is 2.48. The highest BCUT2D eigenvalue weighted by molar-refractivity contribution is 5.96. The molecular weight excluding hydrogens is 276 g/mol. The number of hydrogen-bond acceptors (Lipinski definition) is 4. The summed E-state index contributed by atoms with van der Waals surface area (Å²) in [7, 11) is 0. The summed E-state index contributed by atoms with van der Waals surface area (Å²) < 4.78 is 5.07. The maximum atomic E-state index is 11.8. The van der Waals surface area contributed by atoms with Crippen LogP contribution in [0.3, 0.4) is 0 Å². The minimum Gasteiger partial charge on any atom is -0.481 e. The van der Waals surface area contributed by atoms with Gasteiger partial charge in [0.15, 0.2) is 0 Å². The lowest BCUT2D eigenvalue weighted by Crippen LogP contribution is -2.26. The molecule has 0 saturated heterocycles. The van der Waals surface area contributed by atoms with E-state index in [0.29, 0.717) is 0 Å². The van der Waals surface area contributed by atoms with Crippen molar-refractivity contribution in [2.75, 3.05) is 6.61 Å². The third-order valence-electron chi connectivity index (χ3n) is 3.35. The molecule has 21 heavy (non-hydrogen) atoms. The summed E-state index contributed by atoms with van der Waals surface area (Å²) >= 11 is 0. The van der Waals surface area contributed by atoms with Crippen molar-refractivity contribution < 1.29 is 29.3 Å². The molecular formula is C15H24O6. The standard InChI is InChI=1S/C15H24O6/c1-4-6-7-11(5-2)9-21-15(20)10(3)12(14(18)19)8-13(16)17/h11-12H,3-9H2,1-2H3,(H,16,17)(H,18,19). The van der Waals surface area contributed by atoms with Crippen molar-refractivity contribution >= 4 is 17.9 Å². The largest absolute Gasteiger partial charge is 0.481 e. The zero-order valence-electron chi connectivity index (χ0n) is 12.6. The van der Waals surface area contributed by atoms with Gasteiger partial charge in [0, 0.05) is 5.57 Å². The highest BCUT2D eigenvalue weighted by Crippen LogP contribution is 2.18. The number of esters is 1. The summed E-state index contributed by atoms with van der Waals surface area (Å²) in [6.45, 7) is 7.65. The molecule has 0 amide bonds. The fourth-order valence-corrected chi connectivity index (χ4v) is 1.86. The number of carbonyl (C=O) groups excluding carboxylic acids is 1. The Morgan fingerprint density at radius 1 is 1.19 bits per heavy atom. The van der Waals surface area contributed by atoms with Crippen LogP contribution in [0.5, 0.6) is 0 Å². The topological polar surface area (TPSA) is 101 Å². The van der Waals surface area contributed by atoms with Crippen LogP contribution in [0, 0.1) is 11.8 Å². The quantitative estimate of drug-likeness (QED) is 0.449. The normalized spacial score (nSPS) is 13.2. The van der Waals surface area contributed by atoms with Crippen molar-refractivity contribution in [1.82, 2.24) is 0 Å². The maximum Gasteiger partial charge on any atom is 0.334 e. The van der Waals surface area contributed by atoms with Crippen LogP contribution >= 0.6 is 0 Å². The Kier molecular flexibility index (Phi) is 9.08. The van der Waals surface area contributed by atoms with E-state index in [1.165, 1.54) is 0 Å². The molecule has 0 fully saturated rings. The second kappa shape index (κ2) is 9.96. The van der Waals surface area contributed by atoms with E-state index < -0.39 is 30.2 Å². The number of carboxylic acid groups (broad SMARTS) is 2. The first-order valence-corrected chi connectivity index (χ1v) is 7.13. The maximum absolute atomic E-state index is 11.8. The second-order valence-electron chi connectivity index (χ2n) is 5.03. The van der Waals surface area contributed by atoms with Crippen molar-refractivity contribution in [2.24, 2.45) is 11.8 Å². The summed E-state index contributed by atoms with van der Waals surface area (Å²) in [5, 5.41) is 17.6. The molecule has 6 nitrogen and oxygen atoms in total. The monoisotopic (exact) mass is 300 g/mol. The van der Waals surface area contributed by atoms with Gasteiger partial charge in [-0.3, -0.25) is 9.59 Å². The summed E-state index contributed by atoms with van der Waals surface area (Å²) in [4.78, 5) is 33.4. The van der Waals surface area contributed by atoms with Crippen molar-refractivity contribution in [3.8, 4) is 0 Å². The molecule has 6 heteroatoms. The second-order valence-corrected chi connectivity index (χ2v) is 5.03. The molecule has 2 unspecified atom stereocenters. The van der Waals surface area contributed by atoms with Crippen LogP contribution in [-0.2, 0) is 19.1 Å². The van der Waals surface area contributed by atoms with Gasteiger partial charge in [0.2, 0.25) is 0 Å². The number of unbranched alkanes of at least 4 members (excludes halogenated alkanes) is 1. The molecule has 0 aliphatic rings. The van der Waals surface area contributed by atoms with Gasteiger partial charge in [0.1, 0.15) is 0 Å². The summed E-state index contributed by atoms with van der Waals surface area (Å²) in [5.41, 5.74) is -0.324. The van der Waals surface area contributed by atoms with Crippen LogP contribution < -0.4 is 0 Å². The Morgan fingerprint density at radius 3 is 2.24 bits per heavy atom. The molecule has 0 rings (SSSR count). The molecule has 0 radical (unpaired) electrons. The molecule has 0 aliphatic heterocycles. The number of carbonyl (C=O) groups is 3. The van der Waals surface area contributed by atoms with Gasteiger partial charge in [0.05, 0.1) is 18.9 Å². The molecule has 0 heterocycles. The lowest BCUT2D eigenvalue weighted by Gasteiger charge is -2.17. The van der Waals surface area contributed by atoms with E-state index in [4.69, 9.17) is 14.9 Å². The van der Waals surface area contributed by atoms with Crippen LogP contribution in [0.15, 0.2) is 12.2 Å². The van der Waals surface area contributed by atoms with Gasteiger partial charge in [-0.1, -0.05) is 39.7 Å². The van der Waals surface area contributed by atoms with Gasteiger partial charge in [-0.15, -0.1) is 0 Å². The lowest BCUT2D eigenvalue weighted by atomic mass is 9.97. The Balaban J connectivity index is 4.51. The van der Waals surface area contributed by atoms with Crippen molar-refractivity contribution in [1.29, 1.82) is 0 Å². The fraction of sp³-hybridized carbons (Fsp3) is 0.667. The minimum atomic E-state index is -1.45. The van der Waals surface area contributed by atoms with E-state index in [0.717, 1.165) is 25.7 Å². The Morgan fingerprint density at radius 2 is 1.81 bits per heavy atom. The zero-order valence-corrected chi connectivity index (χ0v) is 12.6. The molecule has 0 aliphatic carbocycles. The summed E-state index contributed by atoms with van der Waals surface area (Å²) in [6.07, 6.45) is 3.20. The van der Waals surface area contributed by atoms with E-state index in [-0.39, 0.29) is 18.1 Å². The lowest BCUT2D eigenvalue weighted by molar-refractivity contribution is -0.150. The number of carboxylic acids is 2. The van der Waals surface area contributed by atoms with Crippen LogP contribution in [0.4, 0.5) is 0 Å². The molecule has 0 saturated carbocycles.